The SMILES string of the molecule is CCC(F)C(N)=CC(=O)OCC(C)C. The van der Waals surface area contributed by atoms with Crippen molar-refractivity contribution in [3.05, 3.63) is 11.8 Å². The van der Waals surface area contributed by atoms with E-state index in [9.17, 15) is 9.18 Å². The van der Waals surface area contributed by atoms with Crippen molar-refractivity contribution in [1.29, 1.82) is 0 Å². The van der Waals surface area contributed by atoms with E-state index >= 15 is 0 Å². The average molecular weight is 203 g/mol. The second kappa shape index (κ2) is 6.40. The van der Waals surface area contributed by atoms with Crippen LogP contribution in [0.4, 0.5) is 4.39 Å². The van der Waals surface area contributed by atoms with Gasteiger partial charge in [0.15, 0.2) is 0 Å². The number of nitrogens with two attached hydrogens (primary N) is 1. The molecule has 0 saturated carbocycles. The van der Waals surface area contributed by atoms with Crippen LogP contribution in [0, 0.1) is 5.92 Å². The molecule has 0 radical (unpaired) electrons. The van der Waals surface area contributed by atoms with Gasteiger partial charge in [-0.15, -0.1) is 0 Å². The zero-order valence-corrected chi connectivity index (χ0v) is 8.92. The second-order valence-corrected chi connectivity index (χ2v) is 3.54. The highest BCUT2D eigenvalue weighted by Crippen LogP contribution is 2.05. The molecule has 1 unspecified atom stereocenters. The van der Waals surface area contributed by atoms with Crippen molar-refractivity contribution < 1.29 is 13.9 Å². The van der Waals surface area contributed by atoms with Crippen LogP contribution in [-0.4, -0.2) is 18.7 Å². The Morgan fingerprint density at radius 3 is 2.57 bits per heavy atom. The average Bonchev–Trinajstić information content (AvgIpc) is 2.13. The fourth-order valence-electron chi connectivity index (χ4n) is 0.753. The van der Waals surface area contributed by atoms with Gasteiger partial charge in [0.2, 0.25) is 0 Å². The van der Waals surface area contributed by atoms with Crippen molar-refractivity contribution >= 4 is 5.97 Å². The summed E-state index contributed by atoms with van der Waals surface area (Å²) in [5.41, 5.74) is 5.25. The summed E-state index contributed by atoms with van der Waals surface area (Å²) < 4.78 is 17.7. The van der Waals surface area contributed by atoms with Gasteiger partial charge in [-0.05, 0) is 12.3 Å². The van der Waals surface area contributed by atoms with E-state index in [1.807, 2.05) is 13.8 Å². The van der Waals surface area contributed by atoms with Gasteiger partial charge in [-0.25, -0.2) is 9.18 Å². The van der Waals surface area contributed by atoms with Gasteiger partial charge in [-0.1, -0.05) is 20.8 Å². The lowest BCUT2D eigenvalue weighted by Crippen LogP contribution is -2.16. The van der Waals surface area contributed by atoms with E-state index in [1.54, 1.807) is 6.92 Å². The number of allylic oxidation sites excluding steroid dienone is 1. The molecule has 4 heteroatoms. The van der Waals surface area contributed by atoms with E-state index in [0.29, 0.717) is 6.61 Å². The summed E-state index contributed by atoms with van der Waals surface area (Å²) in [5, 5.41) is 0. The number of esters is 1. The van der Waals surface area contributed by atoms with Crippen LogP contribution in [0.15, 0.2) is 11.8 Å². The van der Waals surface area contributed by atoms with E-state index in [-0.39, 0.29) is 18.0 Å². The molecular weight excluding hydrogens is 185 g/mol. The Labute approximate surface area is 84.1 Å². The molecule has 0 spiro atoms. The van der Waals surface area contributed by atoms with Crippen LogP contribution in [0.25, 0.3) is 0 Å². The maximum absolute atomic E-state index is 12.9. The molecule has 2 N–H and O–H groups in total. The Hall–Kier alpha value is -1.06. The normalized spacial score (nSPS) is 14.2. The summed E-state index contributed by atoms with van der Waals surface area (Å²) in [7, 11) is 0. The minimum absolute atomic E-state index is 0.0683. The van der Waals surface area contributed by atoms with E-state index in [2.05, 4.69) is 0 Å². The molecule has 1 atom stereocenters. The second-order valence-electron chi connectivity index (χ2n) is 3.54. The quantitative estimate of drug-likeness (QED) is 0.547. The maximum atomic E-state index is 12.9. The van der Waals surface area contributed by atoms with E-state index in [1.165, 1.54) is 0 Å². The highest BCUT2D eigenvalue weighted by atomic mass is 19.1. The van der Waals surface area contributed by atoms with Gasteiger partial charge in [0.05, 0.1) is 12.3 Å². The molecular formula is C10H18FNO2. The number of halogens is 1. The van der Waals surface area contributed by atoms with Crippen LogP contribution in [-0.2, 0) is 9.53 Å². The number of hydrogen-bond acceptors (Lipinski definition) is 3. The predicted octanol–water partition coefficient (Wildman–Crippen LogP) is 1.78. The van der Waals surface area contributed by atoms with Crippen LogP contribution >= 0.6 is 0 Å². The number of ether oxygens (including phenoxy) is 1. The van der Waals surface area contributed by atoms with Crippen LogP contribution in [0.2, 0.25) is 0 Å². The van der Waals surface area contributed by atoms with E-state index < -0.39 is 12.1 Å². The molecule has 0 saturated heterocycles. The summed E-state index contributed by atoms with van der Waals surface area (Å²) in [6, 6.07) is 0. The van der Waals surface area contributed by atoms with Crippen LogP contribution in [0.5, 0.6) is 0 Å². The van der Waals surface area contributed by atoms with Crippen LogP contribution in [0.1, 0.15) is 27.2 Å². The number of carbonyl (C=O) groups is 1. The molecule has 3 nitrogen and oxygen atoms in total. The first kappa shape index (κ1) is 12.9. The largest absolute Gasteiger partial charge is 0.462 e. The number of hydrogen-bond donors (Lipinski definition) is 1. The zero-order valence-electron chi connectivity index (χ0n) is 8.92. The third kappa shape index (κ3) is 5.56. The minimum atomic E-state index is -1.26. The topological polar surface area (TPSA) is 52.3 Å². The van der Waals surface area contributed by atoms with Crippen molar-refractivity contribution in [2.75, 3.05) is 6.61 Å². The number of alkyl halides is 1. The van der Waals surface area contributed by atoms with Gasteiger partial charge >= 0.3 is 5.97 Å². The fourth-order valence-corrected chi connectivity index (χ4v) is 0.753. The van der Waals surface area contributed by atoms with E-state index in [0.717, 1.165) is 6.08 Å². The lowest BCUT2D eigenvalue weighted by Gasteiger charge is -2.07. The standard InChI is InChI=1S/C10H18FNO2/c1-4-8(11)9(12)5-10(13)14-6-7(2)3/h5,7-8H,4,6,12H2,1-3H3. The van der Waals surface area contributed by atoms with Crippen molar-refractivity contribution in [2.45, 2.75) is 33.4 Å². The van der Waals surface area contributed by atoms with Gasteiger partial charge < -0.3 is 10.5 Å². The first-order valence-corrected chi connectivity index (χ1v) is 4.75. The van der Waals surface area contributed by atoms with Gasteiger partial charge in [-0.2, -0.15) is 0 Å². The lowest BCUT2D eigenvalue weighted by atomic mass is 10.2. The van der Waals surface area contributed by atoms with Gasteiger partial charge in [0.25, 0.3) is 0 Å². The molecule has 0 aromatic heterocycles. The molecule has 0 aliphatic rings. The third-order valence-corrected chi connectivity index (χ3v) is 1.56. The molecule has 0 aliphatic heterocycles. The fraction of sp³-hybridized carbons (Fsp3) is 0.700. The molecule has 0 fully saturated rings. The summed E-state index contributed by atoms with van der Waals surface area (Å²) >= 11 is 0. The van der Waals surface area contributed by atoms with Crippen molar-refractivity contribution in [2.24, 2.45) is 11.7 Å². The minimum Gasteiger partial charge on any atom is -0.462 e. The first-order valence-electron chi connectivity index (χ1n) is 4.75. The summed E-state index contributed by atoms with van der Waals surface area (Å²) in [6.45, 7) is 5.82. The third-order valence-electron chi connectivity index (χ3n) is 1.56. The van der Waals surface area contributed by atoms with Crippen molar-refractivity contribution in [3.8, 4) is 0 Å². The first-order chi connectivity index (χ1) is 6.47. The summed E-state index contributed by atoms with van der Waals surface area (Å²) in [5.74, 6) is -0.312. The molecule has 0 heterocycles. The van der Waals surface area contributed by atoms with Gasteiger partial charge in [0, 0.05) is 6.08 Å². The number of rotatable bonds is 5. The molecule has 0 bridgehead atoms. The number of carbonyl (C=O) groups excluding carboxylic acids is 1. The van der Waals surface area contributed by atoms with Crippen molar-refractivity contribution in [1.82, 2.24) is 0 Å². The van der Waals surface area contributed by atoms with Crippen LogP contribution < -0.4 is 5.73 Å². The molecule has 0 aromatic rings. The van der Waals surface area contributed by atoms with Crippen LogP contribution in [0.3, 0.4) is 0 Å². The summed E-state index contributed by atoms with van der Waals surface area (Å²) in [4.78, 5) is 11.0. The smallest absolute Gasteiger partial charge is 0.332 e. The molecule has 82 valence electrons. The molecule has 0 aromatic carbocycles. The molecule has 0 aliphatic carbocycles. The Bertz CT molecular complexity index is 214. The monoisotopic (exact) mass is 203 g/mol. The highest BCUT2D eigenvalue weighted by molar-refractivity contribution is 5.82. The van der Waals surface area contributed by atoms with Gasteiger partial charge in [0.1, 0.15) is 6.17 Å². The highest BCUT2D eigenvalue weighted by Gasteiger charge is 2.09. The Morgan fingerprint density at radius 2 is 2.14 bits per heavy atom. The zero-order chi connectivity index (χ0) is 11.1. The van der Waals surface area contributed by atoms with E-state index in [4.69, 9.17) is 10.5 Å². The van der Waals surface area contributed by atoms with Crippen molar-refractivity contribution in [3.63, 3.8) is 0 Å². The Morgan fingerprint density at radius 1 is 1.57 bits per heavy atom. The Kier molecular flexibility index (Phi) is 5.92. The molecule has 0 rings (SSSR count). The molecule has 0 amide bonds. The Balaban J connectivity index is 4.02. The lowest BCUT2D eigenvalue weighted by molar-refractivity contribution is -0.138. The predicted molar refractivity (Wildman–Crippen MR) is 53.3 cm³/mol. The maximum Gasteiger partial charge on any atom is 0.332 e. The van der Waals surface area contributed by atoms with Gasteiger partial charge in [-0.3, -0.25) is 0 Å². The summed E-state index contributed by atoms with van der Waals surface area (Å²) in [6.07, 6.45) is 0.0117. The molecule has 14 heavy (non-hydrogen) atoms.